The van der Waals surface area contributed by atoms with Gasteiger partial charge in [0.25, 0.3) is 0 Å². The van der Waals surface area contributed by atoms with E-state index in [1.807, 2.05) is 13.8 Å². The predicted molar refractivity (Wildman–Crippen MR) is 78.1 cm³/mol. The van der Waals surface area contributed by atoms with Crippen molar-refractivity contribution in [1.29, 1.82) is 0 Å². The lowest BCUT2D eigenvalue weighted by atomic mass is 10.2. The minimum absolute atomic E-state index is 0.163. The van der Waals surface area contributed by atoms with Crippen LogP contribution in [-0.2, 0) is 6.54 Å². The van der Waals surface area contributed by atoms with E-state index < -0.39 is 0 Å². The van der Waals surface area contributed by atoms with Crippen molar-refractivity contribution in [3.63, 3.8) is 0 Å². The summed E-state index contributed by atoms with van der Waals surface area (Å²) < 4.78 is 2.64. The van der Waals surface area contributed by atoms with Crippen LogP contribution < -0.4 is 11.0 Å². The Balaban J connectivity index is 2.53. The Kier molecular flexibility index (Phi) is 6.57. The second kappa shape index (κ2) is 7.69. The molecule has 1 heterocycles. The average Bonchev–Trinajstić information content (AvgIpc) is 2.34. The fraction of sp³-hybridized carbons (Fsp3) is 0.692. The van der Waals surface area contributed by atoms with Crippen LogP contribution in [0.5, 0.6) is 0 Å². The zero-order valence-corrected chi connectivity index (χ0v) is 13.0. The van der Waals surface area contributed by atoms with E-state index in [0.717, 1.165) is 29.0 Å². The van der Waals surface area contributed by atoms with Crippen molar-refractivity contribution in [2.45, 2.75) is 46.6 Å². The molecule has 0 fully saturated rings. The topological polar surface area (TPSA) is 46.9 Å². The van der Waals surface area contributed by atoms with Gasteiger partial charge >= 0.3 is 5.69 Å². The number of hydrogen-bond donors (Lipinski definition) is 1. The Morgan fingerprint density at radius 2 is 2.00 bits per heavy atom. The summed E-state index contributed by atoms with van der Waals surface area (Å²) in [7, 11) is 0. The van der Waals surface area contributed by atoms with Crippen LogP contribution >= 0.6 is 15.9 Å². The van der Waals surface area contributed by atoms with Crippen molar-refractivity contribution in [1.82, 2.24) is 14.9 Å². The Morgan fingerprint density at radius 1 is 1.28 bits per heavy atom. The Morgan fingerprint density at radius 3 is 2.67 bits per heavy atom. The second-order valence-electron chi connectivity index (χ2n) is 4.49. The standard InChI is InChI=1S/C13H22BrN3O/c1-4-5-6-7-15-8-9-17-11(3)12(14)10(2)16-13(17)18/h15H,4-9H2,1-3H3. The van der Waals surface area contributed by atoms with Gasteiger partial charge in [-0.3, -0.25) is 4.57 Å². The van der Waals surface area contributed by atoms with Crippen LogP contribution in [0.4, 0.5) is 0 Å². The number of halogens is 1. The van der Waals surface area contributed by atoms with Crippen molar-refractivity contribution in [2.24, 2.45) is 0 Å². The molecule has 0 saturated heterocycles. The minimum atomic E-state index is -0.163. The van der Waals surface area contributed by atoms with Gasteiger partial charge in [-0.25, -0.2) is 4.79 Å². The van der Waals surface area contributed by atoms with Crippen molar-refractivity contribution >= 4 is 15.9 Å². The molecule has 0 aliphatic heterocycles. The van der Waals surface area contributed by atoms with Crippen molar-refractivity contribution in [3.8, 4) is 0 Å². The normalized spacial score (nSPS) is 10.9. The molecule has 0 saturated carbocycles. The van der Waals surface area contributed by atoms with E-state index in [-0.39, 0.29) is 5.69 Å². The molecule has 0 amide bonds. The number of aryl methyl sites for hydroxylation is 1. The van der Waals surface area contributed by atoms with Gasteiger partial charge < -0.3 is 5.32 Å². The highest BCUT2D eigenvalue weighted by atomic mass is 79.9. The van der Waals surface area contributed by atoms with Crippen molar-refractivity contribution in [3.05, 3.63) is 26.3 Å². The number of aromatic nitrogens is 2. The monoisotopic (exact) mass is 315 g/mol. The van der Waals surface area contributed by atoms with Gasteiger partial charge in [0.2, 0.25) is 0 Å². The maximum absolute atomic E-state index is 11.8. The van der Waals surface area contributed by atoms with E-state index in [1.165, 1.54) is 19.3 Å². The van der Waals surface area contributed by atoms with Crippen LogP contribution in [0.25, 0.3) is 0 Å². The fourth-order valence-electron chi connectivity index (χ4n) is 1.86. The largest absolute Gasteiger partial charge is 0.348 e. The highest BCUT2D eigenvalue weighted by Gasteiger charge is 2.08. The van der Waals surface area contributed by atoms with Gasteiger partial charge in [0, 0.05) is 18.8 Å². The van der Waals surface area contributed by atoms with Gasteiger partial charge in [0.1, 0.15) is 0 Å². The highest BCUT2D eigenvalue weighted by molar-refractivity contribution is 9.10. The van der Waals surface area contributed by atoms with Crippen LogP contribution in [0.3, 0.4) is 0 Å². The lowest BCUT2D eigenvalue weighted by Crippen LogP contribution is -2.31. The molecule has 1 rings (SSSR count). The van der Waals surface area contributed by atoms with Crippen LogP contribution in [-0.4, -0.2) is 22.6 Å². The van der Waals surface area contributed by atoms with Gasteiger partial charge in [-0.1, -0.05) is 19.8 Å². The summed E-state index contributed by atoms with van der Waals surface area (Å²) in [6.45, 7) is 8.47. The molecule has 1 aromatic heterocycles. The Hall–Kier alpha value is -0.680. The van der Waals surface area contributed by atoms with Crippen molar-refractivity contribution in [2.75, 3.05) is 13.1 Å². The maximum atomic E-state index is 11.8. The molecule has 0 aromatic carbocycles. The van der Waals surface area contributed by atoms with Crippen molar-refractivity contribution < 1.29 is 0 Å². The molecule has 1 N–H and O–H groups in total. The molecule has 0 radical (unpaired) electrons. The molecule has 0 aliphatic rings. The molecule has 18 heavy (non-hydrogen) atoms. The molecule has 4 nitrogen and oxygen atoms in total. The summed E-state index contributed by atoms with van der Waals surface area (Å²) in [4.78, 5) is 15.8. The summed E-state index contributed by atoms with van der Waals surface area (Å²) in [5.41, 5.74) is 1.54. The SMILES string of the molecule is CCCCCNCCn1c(C)c(Br)c(C)nc1=O. The molecule has 5 heteroatoms. The first-order valence-corrected chi connectivity index (χ1v) is 7.31. The van der Waals surface area contributed by atoms with Gasteiger partial charge in [-0.2, -0.15) is 4.98 Å². The number of nitrogens with zero attached hydrogens (tertiary/aromatic N) is 2. The predicted octanol–water partition coefficient (Wildman–Crippen LogP) is 2.40. The van der Waals surface area contributed by atoms with E-state index in [9.17, 15) is 4.79 Å². The average molecular weight is 316 g/mol. The Labute approximate surface area is 117 Å². The maximum Gasteiger partial charge on any atom is 0.348 e. The molecular formula is C13H22BrN3O. The zero-order chi connectivity index (χ0) is 13.5. The molecule has 0 spiro atoms. The summed E-state index contributed by atoms with van der Waals surface area (Å²) in [5.74, 6) is 0. The quantitative estimate of drug-likeness (QED) is 0.786. The molecular weight excluding hydrogens is 294 g/mol. The highest BCUT2D eigenvalue weighted by Crippen LogP contribution is 2.16. The third-order valence-electron chi connectivity index (χ3n) is 3.00. The molecule has 102 valence electrons. The second-order valence-corrected chi connectivity index (χ2v) is 5.28. The number of unbranched alkanes of at least 4 members (excludes halogenated alkanes) is 2. The summed E-state index contributed by atoms with van der Waals surface area (Å²) in [5, 5.41) is 3.35. The lowest BCUT2D eigenvalue weighted by molar-refractivity contribution is 0.545. The van der Waals surface area contributed by atoms with Gasteiger partial charge in [0.15, 0.2) is 0 Å². The molecule has 1 aromatic rings. The van der Waals surface area contributed by atoms with Gasteiger partial charge in [-0.15, -0.1) is 0 Å². The van der Waals surface area contributed by atoms with E-state index in [2.05, 4.69) is 33.2 Å². The molecule has 0 unspecified atom stereocenters. The minimum Gasteiger partial charge on any atom is -0.315 e. The third-order valence-corrected chi connectivity index (χ3v) is 4.15. The number of rotatable bonds is 7. The van der Waals surface area contributed by atoms with Gasteiger partial charge in [0.05, 0.1) is 10.2 Å². The van der Waals surface area contributed by atoms with Crippen LogP contribution in [0.2, 0.25) is 0 Å². The smallest absolute Gasteiger partial charge is 0.315 e. The van der Waals surface area contributed by atoms with E-state index in [1.54, 1.807) is 4.57 Å². The number of hydrogen-bond acceptors (Lipinski definition) is 3. The summed E-state index contributed by atoms with van der Waals surface area (Å²) in [6.07, 6.45) is 3.68. The van der Waals surface area contributed by atoms with E-state index >= 15 is 0 Å². The summed E-state index contributed by atoms with van der Waals surface area (Å²) >= 11 is 3.46. The first-order chi connectivity index (χ1) is 8.57. The molecule has 0 bridgehead atoms. The van der Waals surface area contributed by atoms with Crippen LogP contribution in [0.1, 0.15) is 37.6 Å². The summed E-state index contributed by atoms with van der Waals surface area (Å²) in [6, 6.07) is 0. The lowest BCUT2D eigenvalue weighted by Gasteiger charge is -2.12. The zero-order valence-electron chi connectivity index (χ0n) is 11.4. The molecule has 0 aliphatic carbocycles. The van der Waals surface area contributed by atoms with Crippen LogP contribution in [0.15, 0.2) is 9.27 Å². The number of nitrogens with one attached hydrogen (secondary N) is 1. The first-order valence-electron chi connectivity index (χ1n) is 6.52. The fourth-order valence-corrected chi connectivity index (χ4v) is 2.16. The van der Waals surface area contributed by atoms with Gasteiger partial charge in [-0.05, 0) is 42.7 Å². The molecule has 0 atom stereocenters. The first kappa shape index (κ1) is 15.4. The van der Waals surface area contributed by atoms with E-state index in [4.69, 9.17) is 0 Å². The third kappa shape index (κ3) is 4.21. The van der Waals surface area contributed by atoms with Crippen LogP contribution in [0, 0.1) is 13.8 Å². The van der Waals surface area contributed by atoms with E-state index in [0.29, 0.717) is 6.54 Å². The Bertz CT molecular complexity index is 443.